The van der Waals surface area contributed by atoms with Gasteiger partial charge in [-0.3, -0.25) is 0 Å². The Morgan fingerprint density at radius 3 is 2.43 bits per heavy atom. The molecule has 0 bridgehead atoms. The second-order valence-electron chi connectivity index (χ2n) is 5.89. The van der Waals surface area contributed by atoms with Gasteiger partial charge >= 0.3 is 0 Å². The van der Waals surface area contributed by atoms with Crippen LogP contribution in [0.1, 0.15) is 42.4 Å². The third kappa shape index (κ3) is 4.04. The highest BCUT2D eigenvalue weighted by Crippen LogP contribution is 2.32. The first-order valence-electron chi connectivity index (χ1n) is 7.79. The molecule has 0 aliphatic rings. The molecule has 23 heavy (non-hydrogen) atoms. The second-order valence-corrected chi connectivity index (χ2v) is 5.89. The van der Waals surface area contributed by atoms with Crippen LogP contribution in [0.2, 0.25) is 0 Å². The van der Waals surface area contributed by atoms with Crippen molar-refractivity contribution < 1.29 is 9.47 Å². The molecule has 120 valence electrons. The summed E-state index contributed by atoms with van der Waals surface area (Å²) in [6, 6.07) is 16.4. The minimum Gasteiger partial charge on any atom is -0.497 e. The molecule has 0 saturated heterocycles. The molecule has 3 heteroatoms. The predicted octanol–water partition coefficient (Wildman–Crippen LogP) is 4.68. The molecule has 2 aromatic carbocycles. The smallest absolute Gasteiger partial charge is 0.123 e. The van der Waals surface area contributed by atoms with Crippen molar-refractivity contribution in [1.29, 1.82) is 5.26 Å². The van der Waals surface area contributed by atoms with Gasteiger partial charge in [0.2, 0.25) is 0 Å². The second kappa shape index (κ2) is 7.69. The van der Waals surface area contributed by atoms with Crippen LogP contribution in [-0.2, 0) is 6.42 Å². The Kier molecular flexibility index (Phi) is 5.65. The van der Waals surface area contributed by atoms with Crippen LogP contribution in [0.4, 0.5) is 0 Å². The molecule has 0 N–H and O–H groups in total. The first-order chi connectivity index (χ1) is 11.1. The summed E-state index contributed by atoms with van der Waals surface area (Å²) in [4.78, 5) is 0. The van der Waals surface area contributed by atoms with Crippen molar-refractivity contribution in [3.05, 3.63) is 59.2 Å². The number of methoxy groups -OCH3 is 2. The van der Waals surface area contributed by atoms with E-state index in [2.05, 4.69) is 32.0 Å². The molecule has 3 nitrogen and oxygen atoms in total. The Hall–Kier alpha value is -2.47. The Morgan fingerprint density at radius 1 is 1.04 bits per heavy atom. The fraction of sp³-hybridized carbons (Fsp3) is 0.350. The summed E-state index contributed by atoms with van der Waals surface area (Å²) in [7, 11) is 3.30. The lowest BCUT2D eigenvalue weighted by Gasteiger charge is -2.17. The van der Waals surface area contributed by atoms with Crippen molar-refractivity contribution >= 4 is 0 Å². The first-order valence-corrected chi connectivity index (χ1v) is 7.79. The van der Waals surface area contributed by atoms with Crippen LogP contribution in [0.15, 0.2) is 42.5 Å². The Labute approximate surface area is 138 Å². The van der Waals surface area contributed by atoms with Gasteiger partial charge in [0, 0.05) is 5.56 Å². The zero-order valence-corrected chi connectivity index (χ0v) is 14.2. The summed E-state index contributed by atoms with van der Waals surface area (Å²) in [6.07, 6.45) is 0.631. The van der Waals surface area contributed by atoms with Crippen molar-refractivity contribution in [3.8, 4) is 17.6 Å². The quantitative estimate of drug-likeness (QED) is 0.778. The van der Waals surface area contributed by atoms with E-state index >= 15 is 0 Å². The summed E-state index contributed by atoms with van der Waals surface area (Å²) >= 11 is 0. The molecule has 0 fully saturated rings. The fourth-order valence-corrected chi connectivity index (χ4v) is 2.64. The van der Waals surface area contributed by atoms with E-state index in [1.165, 1.54) is 5.56 Å². The molecule has 0 saturated carbocycles. The van der Waals surface area contributed by atoms with Crippen LogP contribution >= 0.6 is 0 Å². The summed E-state index contributed by atoms with van der Waals surface area (Å²) in [5.41, 5.74) is 3.24. The van der Waals surface area contributed by atoms with E-state index in [1.807, 2.05) is 30.3 Å². The van der Waals surface area contributed by atoms with Crippen molar-refractivity contribution in [2.24, 2.45) is 0 Å². The molecule has 1 unspecified atom stereocenters. The van der Waals surface area contributed by atoms with Crippen molar-refractivity contribution in [1.82, 2.24) is 0 Å². The Morgan fingerprint density at radius 2 is 1.83 bits per heavy atom. The summed E-state index contributed by atoms with van der Waals surface area (Å²) in [5.74, 6) is 1.73. The number of nitrogens with zero attached hydrogens (tertiary/aromatic N) is 1. The van der Waals surface area contributed by atoms with E-state index < -0.39 is 0 Å². The van der Waals surface area contributed by atoms with Gasteiger partial charge in [0.15, 0.2) is 0 Å². The number of benzene rings is 2. The molecule has 0 spiro atoms. The maximum Gasteiger partial charge on any atom is 0.123 e. The van der Waals surface area contributed by atoms with Gasteiger partial charge in [-0.05, 0) is 41.7 Å². The number of hydrogen-bond acceptors (Lipinski definition) is 3. The van der Waals surface area contributed by atoms with Crippen LogP contribution in [0.25, 0.3) is 0 Å². The zero-order chi connectivity index (χ0) is 16.8. The van der Waals surface area contributed by atoms with E-state index in [1.54, 1.807) is 14.2 Å². The Balaban J connectivity index is 2.36. The van der Waals surface area contributed by atoms with E-state index in [0.29, 0.717) is 12.3 Å². The van der Waals surface area contributed by atoms with Crippen LogP contribution in [0, 0.1) is 11.3 Å². The van der Waals surface area contributed by atoms with Crippen LogP contribution in [0.5, 0.6) is 11.5 Å². The average molecular weight is 309 g/mol. The van der Waals surface area contributed by atoms with Crippen LogP contribution in [-0.4, -0.2) is 14.2 Å². The number of ether oxygens (including phenoxy) is 2. The number of nitriles is 1. The third-order valence-corrected chi connectivity index (χ3v) is 4.03. The van der Waals surface area contributed by atoms with E-state index in [4.69, 9.17) is 9.47 Å². The lowest BCUT2D eigenvalue weighted by molar-refractivity contribution is 0.407. The highest BCUT2D eigenvalue weighted by Gasteiger charge is 2.18. The highest BCUT2D eigenvalue weighted by atomic mass is 16.5. The predicted molar refractivity (Wildman–Crippen MR) is 92.1 cm³/mol. The van der Waals surface area contributed by atoms with E-state index in [9.17, 15) is 5.26 Å². The standard InChI is InChI=1S/C20H23NO2/c1-14(2)16-8-9-20(23-4)19(12-16)17(13-21)10-15-6-5-7-18(11-15)22-3/h5-9,11-12,14,17H,10H2,1-4H3. The molecule has 1 atom stereocenters. The van der Waals surface area contributed by atoms with Gasteiger partial charge in [0.05, 0.1) is 26.2 Å². The largest absolute Gasteiger partial charge is 0.497 e. The zero-order valence-electron chi connectivity index (χ0n) is 14.2. The van der Waals surface area contributed by atoms with Gasteiger partial charge in [0.25, 0.3) is 0 Å². The van der Waals surface area contributed by atoms with Gasteiger partial charge in [0.1, 0.15) is 11.5 Å². The molecule has 0 heterocycles. The van der Waals surface area contributed by atoms with Crippen molar-refractivity contribution in [3.63, 3.8) is 0 Å². The van der Waals surface area contributed by atoms with Gasteiger partial charge in [-0.2, -0.15) is 5.26 Å². The monoisotopic (exact) mass is 309 g/mol. The molecular weight excluding hydrogens is 286 g/mol. The molecule has 0 radical (unpaired) electrons. The summed E-state index contributed by atoms with van der Waals surface area (Å²) in [5, 5.41) is 9.68. The normalized spacial score (nSPS) is 11.8. The maximum atomic E-state index is 9.68. The fourth-order valence-electron chi connectivity index (χ4n) is 2.64. The maximum absolute atomic E-state index is 9.68. The average Bonchev–Trinajstić information content (AvgIpc) is 2.59. The van der Waals surface area contributed by atoms with Gasteiger partial charge in [-0.25, -0.2) is 0 Å². The molecule has 0 aliphatic heterocycles. The van der Waals surface area contributed by atoms with Crippen molar-refractivity contribution in [2.75, 3.05) is 14.2 Å². The molecule has 2 rings (SSSR count). The summed E-state index contributed by atoms with van der Waals surface area (Å²) < 4.78 is 10.7. The third-order valence-electron chi connectivity index (χ3n) is 4.03. The molecule has 0 aliphatic carbocycles. The van der Waals surface area contributed by atoms with Crippen molar-refractivity contribution in [2.45, 2.75) is 32.1 Å². The minimum atomic E-state index is -0.254. The van der Waals surface area contributed by atoms with E-state index in [-0.39, 0.29) is 5.92 Å². The summed E-state index contributed by atoms with van der Waals surface area (Å²) in [6.45, 7) is 4.30. The molecule has 0 amide bonds. The highest BCUT2D eigenvalue weighted by molar-refractivity contribution is 5.44. The molecule has 2 aromatic rings. The van der Waals surface area contributed by atoms with E-state index in [0.717, 1.165) is 22.6 Å². The first kappa shape index (κ1) is 16.9. The topological polar surface area (TPSA) is 42.2 Å². The lowest BCUT2D eigenvalue weighted by atomic mass is 9.89. The lowest BCUT2D eigenvalue weighted by Crippen LogP contribution is -2.05. The van der Waals surface area contributed by atoms with Gasteiger partial charge < -0.3 is 9.47 Å². The SMILES string of the molecule is COc1cccc(CC(C#N)c2cc(C(C)C)ccc2OC)c1. The number of rotatable bonds is 6. The van der Waals surface area contributed by atoms with Crippen LogP contribution < -0.4 is 9.47 Å². The van der Waals surface area contributed by atoms with Gasteiger partial charge in [-0.15, -0.1) is 0 Å². The van der Waals surface area contributed by atoms with Crippen LogP contribution in [0.3, 0.4) is 0 Å². The minimum absolute atomic E-state index is 0.254. The Bertz CT molecular complexity index is 701. The van der Waals surface area contributed by atoms with Gasteiger partial charge in [-0.1, -0.05) is 38.1 Å². The molecular formula is C20H23NO2. The molecule has 0 aromatic heterocycles. The number of hydrogen-bond donors (Lipinski definition) is 0.